The van der Waals surface area contributed by atoms with E-state index in [9.17, 15) is 18.5 Å². The molecule has 0 unspecified atom stereocenters. The number of nitrogens with zero attached hydrogens (tertiary/aromatic N) is 3. The molecule has 1 aliphatic rings. The van der Waals surface area contributed by atoms with Crippen molar-refractivity contribution in [1.82, 2.24) is 4.98 Å². The maximum absolute atomic E-state index is 13.0. The second-order valence-electron chi connectivity index (χ2n) is 7.37. The van der Waals surface area contributed by atoms with Crippen LogP contribution in [0.25, 0.3) is 11.3 Å². The van der Waals surface area contributed by atoms with Crippen LogP contribution in [0.5, 0.6) is 0 Å². The van der Waals surface area contributed by atoms with Crippen LogP contribution in [0.3, 0.4) is 0 Å². The Morgan fingerprint density at radius 2 is 1.87 bits per heavy atom. The van der Waals surface area contributed by atoms with Crippen molar-refractivity contribution in [2.75, 3.05) is 18.0 Å². The van der Waals surface area contributed by atoms with Crippen molar-refractivity contribution in [3.05, 3.63) is 69.6 Å². The molecule has 30 heavy (non-hydrogen) atoms. The van der Waals surface area contributed by atoms with Crippen LogP contribution in [0.4, 0.5) is 10.8 Å². The van der Waals surface area contributed by atoms with Gasteiger partial charge >= 0.3 is 0 Å². The fourth-order valence-corrected chi connectivity index (χ4v) is 6.33. The molecule has 0 radical (unpaired) electrons. The summed E-state index contributed by atoms with van der Waals surface area (Å²) < 4.78 is 25.9. The molecule has 0 spiro atoms. The smallest absolute Gasteiger partial charge is 0.270 e. The molecule has 156 valence electrons. The second-order valence-corrected chi connectivity index (χ2v) is 10.4. The number of non-ortho nitro benzene ring substituents is 1. The standard InChI is InChI=1S/C21H21N3O4S2/c1-15-4-2-5-16(12-15)20-14-29-21(22-20)23-10-8-18(9-11-23)30(27,28)19-7-3-6-17(13-19)24(25)26/h2-7,12-14,18H,8-11H2,1H3. The van der Waals surface area contributed by atoms with Crippen LogP contribution in [0.1, 0.15) is 18.4 Å². The number of hydrogen-bond donors (Lipinski definition) is 0. The molecular weight excluding hydrogens is 422 g/mol. The number of anilines is 1. The van der Waals surface area contributed by atoms with E-state index < -0.39 is 20.0 Å². The molecule has 0 amide bonds. The zero-order valence-electron chi connectivity index (χ0n) is 16.4. The van der Waals surface area contributed by atoms with Crippen molar-refractivity contribution >= 4 is 32.0 Å². The lowest BCUT2D eigenvalue weighted by atomic mass is 10.1. The molecule has 3 aromatic rings. The van der Waals surface area contributed by atoms with Gasteiger partial charge in [-0.05, 0) is 31.9 Å². The summed E-state index contributed by atoms with van der Waals surface area (Å²) in [7, 11) is -3.61. The van der Waals surface area contributed by atoms with Crippen molar-refractivity contribution in [2.24, 2.45) is 0 Å². The van der Waals surface area contributed by atoms with E-state index >= 15 is 0 Å². The van der Waals surface area contributed by atoms with E-state index in [4.69, 9.17) is 4.98 Å². The number of sulfone groups is 1. The molecular formula is C21H21N3O4S2. The molecule has 9 heteroatoms. The minimum atomic E-state index is -3.61. The second kappa shape index (κ2) is 8.16. The molecule has 2 aromatic carbocycles. The van der Waals surface area contributed by atoms with E-state index in [-0.39, 0.29) is 10.6 Å². The topological polar surface area (TPSA) is 93.4 Å². The Hall–Kier alpha value is -2.78. The van der Waals surface area contributed by atoms with Crippen molar-refractivity contribution < 1.29 is 13.3 Å². The zero-order valence-corrected chi connectivity index (χ0v) is 18.0. The summed E-state index contributed by atoms with van der Waals surface area (Å²) in [4.78, 5) is 17.3. The first-order chi connectivity index (χ1) is 14.3. The largest absolute Gasteiger partial charge is 0.348 e. The van der Waals surface area contributed by atoms with Gasteiger partial charge in [-0.15, -0.1) is 11.3 Å². The number of rotatable bonds is 5. The van der Waals surface area contributed by atoms with Crippen LogP contribution < -0.4 is 4.90 Å². The Balaban J connectivity index is 1.46. The van der Waals surface area contributed by atoms with Gasteiger partial charge in [0.25, 0.3) is 5.69 Å². The number of nitro groups is 1. The normalized spacial score (nSPS) is 15.3. The molecule has 4 rings (SSSR count). The predicted octanol–water partition coefficient (Wildman–Crippen LogP) is 4.47. The van der Waals surface area contributed by atoms with Gasteiger partial charge in [-0.1, -0.05) is 29.8 Å². The van der Waals surface area contributed by atoms with Gasteiger partial charge in [-0.25, -0.2) is 13.4 Å². The maximum atomic E-state index is 13.0. The predicted molar refractivity (Wildman–Crippen MR) is 118 cm³/mol. The van der Waals surface area contributed by atoms with Gasteiger partial charge in [0.2, 0.25) is 0 Å². The highest BCUT2D eigenvalue weighted by atomic mass is 32.2. The van der Waals surface area contributed by atoms with Crippen LogP contribution >= 0.6 is 11.3 Å². The first-order valence-corrected chi connectivity index (χ1v) is 12.0. The molecule has 1 aliphatic heterocycles. The third kappa shape index (κ3) is 4.08. The Morgan fingerprint density at radius 1 is 1.13 bits per heavy atom. The third-order valence-electron chi connectivity index (χ3n) is 5.31. The Bertz CT molecular complexity index is 1180. The summed E-state index contributed by atoms with van der Waals surface area (Å²) in [6, 6.07) is 13.5. The summed E-state index contributed by atoms with van der Waals surface area (Å²) in [6.07, 6.45) is 0.925. The average Bonchev–Trinajstić information content (AvgIpc) is 3.24. The van der Waals surface area contributed by atoms with Crippen LogP contribution in [0.2, 0.25) is 0 Å². The van der Waals surface area contributed by atoms with Gasteiger partial charge in [0.05, 0.1) is 20.8 Å². The van der Waals surface area contributed by atoms with Crippen LogP contribution in [-0.2, 0) is 9.84 Å². The number of benzene rings is 2. The highest BCUT2D eigenvalue weighted by molar-refractivity contribution is 7.92. The molecule has 1 fully saturated rings. The van der Waals surface area contributed by atoms with Crippen molar-refractivity contribution in [3.63, 3.8) is 0 Å². The summed E-state index contributed by atoms with van der Waals surface area (Å²) in [5, 5.41) is 13.3. The SMILES string of the molecule is Cc1cccc(-c2csc(N3CCC(S(=O)(=O)c4cccc([N+](=O)[O-])c4)CC3)n2)c1. The Morgan fingerprint density at radius 3 is 2.57 bits per heavy atom. The molecule has 0 atom stereocenters. The average molecular weight is 444 g/mol. The van der Waals surface area contributed by atoms with Crippen LogP contribution in [0, 0.1) is 17.0 Å². The fraction of sp³-hybridized carbons (Fsp3) is 0.286. The molecule has 0 aliphatic carbocycles. The number of aryl methyl sites for hydroxylation is 1. The number of hydrogen-bond acceptors (Lipinski definition) is 7. The number of aromatic nitrogens is 1. The minimum Gasteiger partial charge on any atom is -0.348 e. The van der Waals surface area contributed by atoms with E-state index in [0.29, 0.717) is 25.9 Å². The van der Waals surface area contributed by atoms with Gasteiger partial charge in [0.1, 0.15) is 0 Å². The molecule has 0 saturated carbocycles. The van der Waals surface area contributed by atoms with Gasteiger partial charge in [-0.2, -0.15) is 0 Å². The molecule has 0 bridgehead atoms. The van der Waals surface area contributed by atoms with E-state index in [1.807, 2.05) is 30.5 Å². The number of piperidine rings is 1. The van der Waals surface area contributed by atoms with Gasteiger partial charge in [0, 0.05) is 36.2 Å². The Kier molecular flexibility index (Phi) is 5.57. The molecule has 7 nitrogen and oxygen atoms in total. The summed E-state index contributed by atoms with van der Waals surface area (Å²) in [5.74, 6) is 0. The van der Waals surface area contributed by atoms with Crippen molar-refractivity contribution in [2.45, 2.75) is 29.9 Å². The number of nitro benzene ring substituents is 1. The third-order valence-corrected chi connectivity index (χ3v) is 8.48. The summed E-state index contributed by atoms with van der Waals surface area (Å²) in [5.41, 5.74) is 2.96. The lowest BCUT2D eigenvalue weighted by Crippen LogP contribution is -2.39. The fourth-order valence-electron chi connectivity index (χ4n) is 3.67. The lowest BCUT2D eigenvalue weighted by Gasteiger charge is -2.31. The monoisotopic (exact) mass is 443 g/mol. The van der Waals surface area contributed by atoms with Gasteiger partial charge < -0.3 is 4.90 Å². The van der Waals surface area contributed by atoms with Crippen molar-refractivity contribution in [1.29, 1.82) is 0 Å². The maximum Gasteiger partial charge on any atom is 0.270 e. The van der Waals surface area contributed by atoms with Crippen LogP contribution in [-0.4, -0.2) is 36.7 Å². The molecule has 2 heterocycles. The number of thiazole rings is 1. The first-order valence-electron chi connectivity index (χ1n) is 9.60. The zero-order chi connectivity index (χ0) is 21.3. The highest BCUT2D eigenvalue weighted by Gasteiger charge is 2.32. The van der Waals surface area contributed by atoms with Crippen molar-refractivity contribution in [3.8, 4) is 11.3 Å². The quantitative estimate of drug-likeness (QED) is 0.427. The Labute approximate surface area is 179 Å². The molecule has 1 aromatic heterocycles. The van der Waals surface area contributed by atoms with E-state index in [2.05, 4.69) is 11.0 Å². The van der Waals surface area contributed by atoms with E-state index in [1.165, 1.54) is 23.8 Å². The van der Waals surface area contributed by atoms with Gasteiger partial charge in [-0.3, -0.25) is 10.1 Å². The van der Waals surface area contributed by atoms with Crippen LogP contribution in [0.15, 0.2) is 58.8 Å². The minimum absolute atomic E-state index is 0.0196. The van der Waals surface area contributed by atoms with Gasteiger partial charge in [0.15, 0.2) is 15.0 Å². The first kappa shape index (κ1) is 20.5. The highest BCUT2D eigenvalue weighted by Crippen LogP contribution is 2.32. The lowest BCUT2D eigenvalue weighted by molar-refractivity contribution is -0.385. The van der Waals surface area contributed by atoms with E-state index in [1.54, 1.807) is 11.3 Å². The summed E-state index contributed by atoms with van der Waals surface area (Å²) >= 11 is 1.56. The molecule has 1 saturated heterocycles. The van der Waals surface area contributed by atoms with E-state index in [0.717, 1.165) is 22.5 Å². The molecule has 0 N–H and O–H groups in total. The summed E-state index contributed by atoms with van der Waals surface area (Å²) in [6.45, 7) is 3.21.